The average molecular weight is 479 g/mol. The molecule has 4 rings (SSSR count). The average Bonchev–Trinajstić information content (AvgIpc) is 3.20. The second-order valence-electron chi connectivity index (χ2n) is 8.05. The van der Waals surface area contributed by atoms with Gasteiger partial charge >= 0.3 is 6.18 Å². The van der Waals surface area contributed by atoms with E-state index in [1.165, 1.54) is 0 Å². The summed E-state index contributed by atoms with van der Waals surface area (Å²) >= 11 is 0. The Morgan fingerprint density at radius 1 is 0.939 bits per heavy atom. The van der Waals surface area contributed by atoms with E-state index < -0.39 is 38.5 Å². The fourth-order valence-corrected chi connectivity index (χ4v) is 5.30. The van der Waals surface area contributed by atoms with E-state index in [-0.39, 0.29) is 0 Å². The van der Waals surface area contributed by atoms with Gasteiger partial charge in [0.2, 0.25) is 10.0 Å². The van der Waals surface area contributed by atoms with Crippen LogP contribution in [0.5, 0.6) is 0 Å². The lowest BCUT2D eigenvalue weighted by molar-refractivity contribution is -0.137. The highest BCUT2D eigenvalue weighted by Gasteiger charge is 2.34. The van der Waals surface area contributed by atoms with Crippen molar-refractivity contribution in [2.75, 3.05) is 13.1 Å². The Hall–Kier alpha value is -2.75. The molecule has 3 aromatic carbocycles. The molecule has 1 aliphatic heterocycles. The SMILES string of the molecule is O=S(=O)(N[C@@H]1CCN(Cc2ccc(-c3ccccc3)cc2)C1)c1cc(C(F)(F)F)ccc1F. The number of nitrogens with one attached hydrogen (secondary N) is 1. The number of hydrogen-bond donors (Lipinski definition) is 1. The van der Waals surface area contributed by atoms with E-state index in [2.05, 4.69) is 4.72 Å². The molecule has 0 saturated carbocycles. The first-order chi connectivity index (χ1) is 15.6. The van der Waals surface area contributed by atoms with Gasteiger partial charge in [0, 0.05) is 25.7 Å². The maximum absolute atomic E-state index is 14.0. The standard InChI is InChI=1S/C24H22F4N2O2S/c25-22-11-10-20(24(26,27)28)14-23(22)33(31,32)29-21-12-13-30(16-21)15-17-6-8-19(9-7-17)18-4-2-1-3-5-18/h1-11,14,21,29H,12-13,15-16H2/t21-/m1/s1. The van der Waals surface area contributed by atoms with Gasteiger partial charge in [0.1, 0.15) is 10.7 Å². The minimum atomic E-state index is -4.77. The van der Waals surface area contributed by atoms with Gasteiger partial charge < -0.3 is 0 Å². The van der Waals surface area contributed by atoms with Crippen molar-refractivity contribution in [3.8, 4) is 11.1 Å². The van der Waals surface area contributed by atoms with Crippen LogP contribution in [0.3, 0.4) is 0 Å². The smallest absolute Gasteiger partial charge is 0.297 e. The molecule has 3 aromatic rings. The van der Waals surface area contributed by atoms with Gasteiger partial charge in [-0.1, -0.05) is 54.6 Å². The molecule has 174 valence electrons. The molecule has 1 aliphatic rings. The summed E-state index contributed by atoms with van der Waals surface area (Å²) in [7, 11) is -4.44. The molecule has 0 bridgehead atoms. The molecular weight excluding hydrogens is 456 g/mol. The zero-order chi connectivity index (χ0) is 23.6. The van der Waals surface area contributed by atoms with Crippen LogP contribution < -0.4 is 4.72 Å². The van der Waals surface area contributed by atoms with Crippen molar-refractivity contribution < 1.29 is 26.0 Å². The van der Waals surface area contributed by atoms with Gasteiger partial charge in [-0.15, -0.1) is 0 Å². The molecule has 9 heteroatoms. The number of benzene rings is 3. The molecule has 0 amide bonds. The van der Waals surface area contributed by atoms with Gasteiger partial charge in [0.25, 0.3) is 0 Å². The summed E-state index contributed by atoms with van der Waals surface area (Å²) in [6.45, 7) is 1.59. The van der Waals surface area contributed by atoms with Crippen molar-refractivity contribution in [1.82, 2.24) is 9.62 Å². The molecule has 0 radical (unpaired) electrons. The van der Waals surface area contributed by atoms with Gasteiger partial charge in [-0.3, -0.25) is 4.90 Å². The molecule has 4 nitrogen and oxygen atoms in total. The second kappa shape index (κ2) is 9.24. The number of halogens is 4. The summed E-state index contributed by atoms with van der Waals surface area (Å²) in [5, 5.41) is 0. The van der Waals surface area contributed by atoms with E-state index in [9.17, 15) is 26.0 Å². The number of sulfonamides is 1. The second-order valence-corrected chi connectivity index (χ2v) is 9.73. The van der Waals surface area contributed by atoms with Crippen LogP contribution in [0.1, 0.15) is 17.5 Å². The summed E-state index contributed by atoms with van der Waals surface area (Å²) in [5.41, 5.74) is 2.05. The molecule has 33 heavy (non-hydrogen) atoms. The van der Waals surface area contributed by atoms with Crippen molar-refractivity contribution in [3.63, 3.8) is 0 Å². The monoisotopic (exact) mass is 478 g/mol. The summed E-state index contributed by atoms with van der Waals surface area (Å²) in [4.78, 5) is 1.06. The van der Waals surface area contributed by atoms with Crippen molar-refractivity contribution in [2.24, 2.45) is 0 Å². The van der Waals surface area contributed by atoms with Crippen molar-refractivity contribution in [2.45, 2.75) is 30.1 Å². The van der Waals surface area contributed by atoms with Crippen LogP contribution in [-0.2, 0) is 22.7 Å². The van der Waals surface area contributed by atoms with Crippen LogP contribution in [0.25, 0.3) is 11.1 Å². The Kier molecular flexibility index (Phi) is 6.56. The lowest BCUT2D eigenvalue weighted by Crippen LogP contribution is -2.37. The first-order valence-corrected chi connectivity index (χ1v) is 11.9. The first kappa shape index (κ1) is 23.4. The fourth-order valence-electron chi connectivity index (χ4n) is 3.93. The highest BCUT2D eigenvalue weighted by Crippen LogP contribution is 2.31. The number of hydrogen-bond acceptors (Lipinski definition) is 3. The van der Waals surface area contributed by atoms with E-state index in [0.29, 0.717) is 44.3 Å². The van der Waals surface area contributed by atoms with Gasteiger partial charge in [-0.05, 0) is 41.3 Å². The third kappa shape index (κ3) is 5.61. The largest absolute Gasteiger partial charge is 0.416 e. The van der Waals surface area contributed by atoms with Crippen LogP contribution in [0.2, 0.25) is 0 Å². The van der Waals surface area contributed by atoms with E-state index >= 15 is 0 Å². The summed E-state index contributed by atoms with van der Waals surface area (Å²) in [6, 6.07) is 18.9. The number of alkyl halides is 3. The van der Waals surface area contributed by atoms with E-state index in [4.69, 9.17) is 0 Å². The van der Waals surface area contributed by atoms with E-state index in [0.717, 1.165) is 16.7 Å². The molecule has 0 aliphatic carbocycles. The highest BCUT2D eigenvalue weighted by molar-refractivity contribution is 7.89. The van der Waals surface area contributed by atoms with Gasteiger partial charge in [0.15, 0.2) is 0 Å². The molecule has 1 fully saturated rings. The van der Waals surface area contributed by atoms with Crippen LogP contribution >= 0.6 is 0 Å². The minimum Gasteiger partial charge on any atom is -0.297 e. The third-order valence-corrected chi connectivity index (χ3v) is 7.14. The third-order valence-electron chi connectivity index (χ3n) is 5.61. The molecular formula is C24H22F4N2O2S. The lowest BCUT2D eigenvalue weighted by atomic mass is 10.0. The minimum absolute atomic E-state index is 0.332. The maximum Gasteiger partial charge on any atom is 0.416 e. The summed E-state index contributed by atoms with van der Waals surface area (Å²) in [5.74, 6) is -1.22. The quantitative estimate of drug-likeness (QED) is 0.504. The Balaban J connectivity index is 1.39. The Morgan fingerprint density at radius 2 is 1.61 bits per heavy atom. The van der Waals surface area contributed by atoms with Crippen molar-refractivity contribution in [3.05, 3.63) is 89.7 Å². The van der Waals surface area contributed by atoms with Crippen molar-refractivity contribution >= 4 is 10.0 Å². The van der Waals surface area contributed by atoms with Gasteiger partial charge in [-0.2, -0.15) is 13.2 Å². The van der Waals surface area contributed by atoms with Crippen molar-refractivity contribution in [1.29, 1.82) is 0 Å². The fraction of sp³-hybridized carbons (Fsp3) is 0.250. The highest BCUT2D eigenvalue weighted by atomic mass is 32.2. The first-order valence-electron chi connectivity index (χ1n) is 10.4. The summed E-state index contributed by atoms with van der Waals surface area (Å²) < 4.78 is 80.4. The molecule has 1 saturated heterocycles. The van der Waals surface area contributed by atoms with Crippen LogP contribution in [0, 0.1) is 5.82 Å². The van der Waals surface area contributed by atoms with Crippen LogP contribution in [-0.4, -0.2) is 32.4 Å². The normalized spacial score (nSPS) is 17.4. The number of rotatable bonds is 6. The van der Waals surface area contributed by atoms with E-state index in [1.807, 2.05) is 59.5 Å². The van der Waals surface area contributed by atoms with Gasteiger partial charge in [-0.25, -0.2) is 17.5 Å². The molecule has 0 aromatic heterocycles. The Morgan fingerprint density at radius 3 is 2.27 bits per heavy atom. The summed E-state index contributed by atoms with van der Waals surface area (Å²) in [6.07, 6.45) is -4.29. The zero-order valence-electron chi connectivity index (χ0n) is 17.5. The van der Waals surface area contributed by atoms with Gasteiger partial charge in [0.05, 0.1) is 5.56 Å². The lowest BCUT2D eigenvalue weighted by Gasteiger charge is -2.18. The molecule has 1 N–H and O–H groups in total. The molecule has 0 unspecified atom stereocenters. The maximum atomic E-state index is 14.0. The Labute approximate surface area is 189 Å². The zero-order valence-corrected chi connectivity index (χ0v) is 18.3. The molecule has 1 heterocycles. The topological polar surface area (TPSA) is 49.4 Å². The predicted octanol–water partition coefficient (Wildman–Crippen LogP) is 5.06. The van der Waals surface area contributed by atoms with E-state index in [1.54, 1.807) is 0 Å². The molecule has 1 atom stereocenters. The Bertz CT molecular complexity index is 1210. The van der Waals surface area contributed by atoms with Crippen LogP contribution in [0.15, 0.2) is 77.7 Å². The van der Waals surface area contributed by atoms with Crippen LogP contribution in [0.4, 0.5) is 17.6 Å². The number of likely N-dealkylation sites (tertiary alicyclic amines) is 1. The predicted molar refractivity (Wildman–Crippen MR) is 117 cm³/mol. The molecule has 0 spiro atoms. The number of nitrogens with zero attached hydrogens (tertiary/aromatic N) is 1.